The molecule has 0 amide bonds. The Bertz CT molecular complexity index is 442. The molecule has 6 heteroatoms. The highest BCUT2D eigenvalue weighted by Crippen LogP contribution is 2.12. The zero-order chi connectivity index (χ0) is 12.1. The summed E-state index contributed by atoms with van der Waals surface area (Å²) in [5.74, 6) is -0.879. The largest absolute Gasteiger partial charge is 0.478 e. The zero-order valence-electron chi connectivity index (χ0n) is 8.77. The van der Waals surface area contributed by atoms with Crippen molar-refractivity contribution in [3.05, 3.63) is 17.8 Å². The average molecular weight is 215 g/mol. The molecule has 0 aliphatic rings. The Morgan fingerprint density at radius 2 is 2.50 bits per heavy atom. The number of nitrogens with one attached hydrogen (secondary N) is 1. The minimum absolute atomic E-state index is 0.00443. The number of pyridine rings is 1. The first-order valence-corrected chi connectivity index (χ1v) is 4.67. The maximum Gasteiger partial charge on any atom is 0.339 e. The van der Waals surface area contributed by atoms with Gasteiger partial charge in [-0.05, 0) is 13.0 Å². The van der Waals surface area contributed by atoms with Gasteiger partial charge in [0.2, 0.25) is 0 Å². The van der Waals surface area contributed by atoms with Crippen molar-refractivity contribution in [3.63, 3.8) is 0 Å². The van der Waals surface area contributed by atoms with E-state index < -0.39 is 5.97 Å². The highest BCUT2D eigenvalue weighted by molar-refractivity contribution is 6.32. The number of aromatic nitrogens is 1. The predicted octanol–water partition coefficient (Wildman–Crippen LogP) is 0.288. The van der Waals surface area contributed by atoms with Crippen LogP contribution in [-0.2, 0) is 0 Å². The summed E-state index contributed by atoms with van der Waals surface area (Å²) in [7, 11) is 5.45. The highest BCUT2D eigenvalue weighted by atomic mass is 16.4. The van der Waals surface area contributed by atoms with Crippen LogP contribution in [0, 0.1) is 11.3 Å². The smallest absolute Gasteiger partial charge is 0.339 e. The number of hydrogen-bond donors (Lipinski definition) is 2. The maximum absolute atomic E-state index is 10.9. The molecule has 0 aliphatic carbocycles. The van der Waals surface area contributed by atoms with E-state index in [4.69, 9.17) is 18.2 Å². The Morgan fingerprint density at radius 3 is 3.06 bits per heavy atom. The first-order chi connectivity index (χ1) is 7.54. The van der Waals surface area contributed by atoms with Crippen LogP contribution in [0.25, 0.3) is 0 Å². The molecule has 0 unspecified atom stereocenters. The molecule has 0 fully saturated rings. The summed E-state index contributed by atoms with van der Waals surface area (Å²) < 4.78 is 0. The second-order valence-corrected chi connectivity index (χ2v) is 3.38. The van der Waals surface area contributed by atoms with Crippen molar-refractivity contribution in [3.8, 4) is 6.07 Å². The van der Waals surface area contributed by atoms with Crippen molar-refractivity contribution in [1.82, 2.24) is 4.98 Å². The molecule has 0 saturated carbocycles. The normalized spacial score (nSPS) is 11.5. The van der Waals surface area contributed by atoms with Crippen molar-refractivity contribution in [1.29, 1.82) is 5.26 Å². The van der Waals surface area contributed by atoms with Crippen LogP contribution in [0.5, 0.6) is 0 Å². The molecule has 0 aliphatic heterocycles. The standard InChI is InChI=1S/C10H10BN3O2/c1-6(2-3-12)14-9-8(10(15)16)4-7(11)5-13-9/h4-6H,2H2,1H3,(H,13,14)(H,15,16)/t6-/m1/s1. The van der Waals surface area contributed by atoms with E-state index in [1.54, 1.807) is 6.92 Å². The summed E-state index contributed by atoms with van der Waals surface area (Å²) in [5, 5.41) is 20.3. The number of aromatic carboxylic acids is 1. The third-order valence-corrected chi connectivity index (χ3v) is 1.92. The summed E-state index contributed by atoms with van der Waals surface area (Å²) in [6, 6.07) is 3.15. The molecule has 1 aromatic rings. The van der Waals surface area contributed by atoms with Crippen molar-refractivity contribution in [2.24, 2.45) is 0 Å². The summed E-state index contributed by atoms with van der Waals surface area (Å²) in [6.45, 7) is 1.77. The molecule has 1 rings (SSSR count). The fourth-order valence-electron chi connectivity index (χ4n) is 1.18. The number of anilines is 1. The zero-order valence-corrected chi connectivity index (χ0v) is 8.77. The maximum atomic E-state index is 10.9. The summed E-state index contributed by atoms with van der Waals surface area (Å²) in [6.07, 6.45) is 1.64. The van der Waals surface area contributed by atoms with Crippen molar-refractivity contribution in [2.45, 2.75) is 19.4 Å². The van der Waals surface area contributed by atoms with Gasteiger partial charge in [-0.1, -0.05) is 5.46 Å². The lowest BCUT2D eigenvalue weighted by Gasteiger charge is -2.13. The number of carbonyl (C=O) groups is 1. The molecular formula is C10H10BN3O2. The van der Waals surface area contributed by atoms with Crippen LogP contribution in [0.4, 0.5) is 5.82 Å². The predicted molar refractivity (Wildman–Crippen MR) is 59.9 cm³/mol. The minimum atomic E-state index is -1.11. The quantitative estimate of drug-likeness (QED) is 0.704. The first-order valence-electron chi connectivity index (χ1n) is 4.67. The van der Waals surface area contributed by atoms with Crippen LogP contribution in [0.3, 0.4) is 0 Å². The van der Waals surface area contributed by atoms with Crippen LogP contribution in [0.15, 0.2) is 12.3 Å². The second-order valence-electron chi connectivity index (χ2n) is 3.38. The molecule has 0 aromatic carbocycles. The van der Waals surface area contributed by atoms with E-state index in [0.29, 0.717) is 0 Å². The van der Waals surface area contributed by atoms with Gasteiger partial charge in [-0.25, -0.2) is 9.78 Å². The number of nitriles is 1. The molecule has 2 radical (unpaired) electrons. The van der Waals surface area contributed by atoms with Crippen LogP contribution in [0.2, 0.25) is 0 Å². The van der Waals surface area contributed by atoms with Crippen molar-refractivity contribution >= 4 is 25.1 Å². The van der Waals surface area contributed by atoms with Gasteiger partial charge in [0.1, 0.15) is 19.2 Å². The van der Waals surface area contributed by atoms with E-state index >= 15 is 0 Å². The number of carboxylic acid groups (broad SMARTS) is 1. The topological polar surface area (TPSA) is 86.0 Å². The molecule has 2 N–H and O–H groups in total. The van der Waals surface area contributed by atoms with Gasteiger partial charge < -0.3 is 10.4 Å². The van der Waals surface area contributed by atoms with Gasteiger partial charge in [-0.3, -0.25) is 0 Å². The van der Waals surface area contributed by atoms with Crippen LogP contribution in [-0.4, -0.2) is 29.9 Å². The monoisotopic (exact) mass is 215 g/mol. The SMILES string of the molecule is [B]c1cnc(N[C@H](C)CC#N)c(C(=O)O)c1. The summed E-state index contributed by atoms with van der Waals surface area (Å²) >= 11 is 0. The van der Waals surface area contributed by atoms with E-state index in [1.165, 1.54) is 12.3 Å². The van der Waals surface area contributed by atoms with Gasteiger partial charge in [0.25, 0.3) is 0 Å². The third kappa shape index (κ3) is 2.99. The molecular weight excluding hydrogens is 205 g/mol. The molecule has 1 atom stereocenters. The molecule has 0 saturated heterocycles. The van der Waals surface area contributed by atoms with Gasteiger partial charge in [0.15, 0.2) is 0 Å². The van der Waals surface area contributed by atoms with E-state index in [9.17, 15) is 4.79 Å². The van der Waals surface area contributed by atoms with Crippen LogP contribution >= 0.6 is 0 Å². The van der Waals surface area contributed by atoms with Gasteiger partial charge in [-0.15, -0.1) is 0 Å². The fraction of sp³-hybridized carbons (Fsp3) is 0.300. The molecule has 5 nitrogen and oxygen atoms in total. The Balaban J connectivity index is 2.96. The second kappa shape index (κ2) is 5.17. The Labute approximate surface area is 94.5 Å². The molecule has 1 heterocycles. The van der Waals surface area contributed by atoms with Gasteiger partial charge in [0, 0.05) is 12.2 Å². The lowest BCUT2D eigenvalue weighted by atomic mass is 9.97. The summed E-state index contributed by atoms with van der Waals surface area (Å²) in [4.78, 5) is 14.8. The van der Waals surface area contributed by atoms with E-state index in [2.05, 4.69) is 10.3 Å². The molecule has 16 heavy (non-hydrogen) atoms. The lowest BCUT2D eigenvalue weighted by molar-refractivity contribution is 0.0697. The molecule has 1 aromatic heterocycles. The Hall–Kier alpha value is -2.03. The van der Waals surface area contributed by atoms with Crippen LogP contribution < -0.4 is 10.8 Å². The van der Waals surface area contributed by atoms with Crippen molar-refractivity contribution in [2.75, 3.05) is 5.32 Å². The van der Waals surface area contributed by atoms with E-state index in [-0.39, 0.29) is 29.3 Å². The highest BCUT2D eigenvalue weighted by Gasteiger charge is 2.13. The minimum Gasteiger partial charge on any atom is -0.478 e. The molecule has 0 bridgehead atoms. The van der Waals surface area contributed by atoms with Crippen molar-refractivity contribution < 1.29 is 9.90 Å². The van der Waals surface area contributed by atoms with Gasteiger partial charge in [-0.2, -0.15) is 5.26 Å². The number of nitrogens with zero attached hydrogens (tertiary/aromatic N) is 2. The first kappa shape index (κ1) is 12.0. The molecule has 80 valence electrons. The van der Waals surface area contributed by atoms with Crippen LogP contribution in [0.1, 0.15) is 23.7 Å². The lowest BCUT2D eigenvalue weighted by Crippen LogP contribution is -2.20. The molecule has 0 spiro atoms. The fourth-order valence-corrected chi connectivity index (χ4v) is 1.18. The number of hydrogen-bond acceptors (Lipinski definition) is 4. The number of carboxylic acids is 1. The Kier molecular flexibility index (Phi) is 3.89. The van der Waals surface area contributed by atoms with Gasteiger partial charge in [0.05, 0.1) is 12.5 Å². The Morgan fingerprint density at radius 1 is 1.81 bits per heavy atom. The third-order valence-electron chi connectivity index (χ3n) is 1.92. The number of rotatable bonds is 4. The van der Waals surface area contributed by atoms with Gasteiger partial charge >= 0.3 is 5.97 Å². The summed E-state index contributed by atoms with van der Waals surface area (Å²) in [5.41, 5.74) is 0.292. The van der Waals surface area contributed by atoms with E-state index in [0.717, 1.165) is 0 Å². The van der Waals surface area contributed by atoms with E-state index in [1.807, 2.05) is 6.07 Å². The average Bonchev–Trinajstić information content (AvgIpc) is 2.20.